The fourth-order valence-electron chi connectivity index (χ4n) is 2.21. The molecule has 0 saturated carbocycles. The molecule has 0 aliphatic carbocycles. The van der Waals surface area contributed by atoms with Gasteiger partial charge in [-0.05, 0) is 35.7 Å². The fraction of sp³-hybridized carbons (Fsp3) is 0.250. The minimum Gasteiger partial charge on any atom is -0.748 e. The number of benzene rings is 2. The highest BCUT2D eigenvalue weighted by Crippen LogP contribution is 2.21. The maximum absolute atomic E-state index is 12.1. The molecule has 128 valence electrons. The number of unbranched alkanes of at least 4 members (excludes halogenated alkanes) is 1. The molecule has 0 heterocycles. The van der Waals surface area contributed by atoms with E-state index in [2.05, 4.69) is 0 Å². The topological polar surface area (TPSA) is 121 Å². The summed E-state index contributed by atoms with van der Waals surface area (Å²) in [5.74, 6) is -2.57. The molecule has 0 aromatic heterocycles. The van der Waals surface area contributed by atoms with E-state index < -0.39 is 27.8 Å². The summed E-state index contributed by atoms with van der Waals surface area (Å²) in [5.41, 5.74) is -0.238. The molecule has 0 saturated heterocycles. The lowest BCUT2D eigenvalue weighted by atomic mass is 10.0. The lowest BCUT2D eigenvalue weighted by Gasteiger charge is -2.10. The van der Waals surface area contributed by atoms with Crippen LogP contribution in [-0.2, 0) is 14.9 Å². The molecule has 24 heavy (non-hydrogen) atoms. The standard InChI is InChI=1S/C16H16O7S/c17-15(18)13-9-11-5-1-2-6-12(11)10-14(13)16(19)23-7-3-4-8-24(20,21)22/h1-2,5-6,9-10H,3-4,7-8H2,(H,17,18)(H,20,21,22)/p-1. The molecule has 0 bridgehead atoms. The predicted octanol–water partition coefficient (Wildman–Crippen LogP) is 2.02. The van der Waals surface area contributed by atoms with Gasteiger partial charge in [-0.15, -0.1) is 0 Å². The van der Waals surface area contributed by atoms with E-state index in [4.69, 9.17) is 4.74 Å². The summed E-state index contributed by atoms with van der Waals surface area (Å²) in [4.78, 5) is 23.5. The number of carbonyl (C=O) groups is 2. The van der Waals surface area contributed by atoms with Gasteiger partial charge in [0.25, 0.3) is 0 Å². The van der Waals surface area contributed by atoms with Gasteiger partial charge in [-0.3, -0.25) is 0 Å². The first-order valence-corrected chi connectivity index (χ1v) is 8.72. The van der Waals surface area contributed by atoms with E-state index in [9.17, 15) is 27.7 Å². The van der Waals surface area contributed by atoms with Crippen molar-refractivity contribution >= 4 is 32.8 Å². The fourth-order valence-corrected chi connectivity index (χ4v) is 2.77. The average molecular weight is 351 g/mol. The summed E-state index contributed by atoms with van der Waals surface area (Å²) >= 11 is 0. The van der Waals surface area contributed by atoms with Crippen molar-refractivity contribution in [1.82, 2.24) is 0 Å². The highest BCUT2D eigenvalue weighted by molar-refractivity contribution is 7.85. The maximum Gasteiger partial charge on any atom is 0.339 e. The van der Waals surface area contributed by atoms with E-state index in [1.54, 1.807) is 24.3 Å². The quantitative estimate of drug-likeness (QED) is 0.460. The summed E-state index contributed by atoms with van der Waals surface area (Å²) in [6, 6.07) is 9.86. The van der Waals surface area contributed by atoms with Crippen molar-refractivity contribution < 1.29 is 32.4 Å². The molecule has 2 aromatic carbocycles. The van der Waals surface area contributed by atoms with Crippen LogP contribution in [0.3, 0.4) is 0 Å². The van der Waals surface area contributed by atoms with E-state index in [0.29, 0.717) is 10.8 Å². The molecule has 7 nitrogen and oxygen atoms in total. The van der Waals surface area contributed by atoms with Gasteiger partial charge in [0.1, 0.15) is 0 Å². The molecular formula is C16H15O7S-. The minimum absolute atomic E-state index is 0.0716. The summed E-state index contributed by atoms with van der Waals surface area (Å²) in [6.45, 7) is -0.0970. The normalized spacial score (nSPS) is 11.4. The van der Waals surface area contributed by atoms with Crippen molar-refractivity contribution in [3.05, 3.63) is 47.5 Å². The molecule has 0 atom stereocenters. The first-order valence-electron chi connectivity index (χ1n) is 7.15. The largest absolute Gasteiger partial charge is 0.748 e. The Morgan fingerprint density at radius 2 is 1.62 bits per heavy atom. The van der Waals surface area contributed by atoms with Gasteiger partial charge in [0.05, 0.1) is 27.9 Å². The van der Waals surface area contributed by atoms with Crippen molar-refractivity contribution in [3.8, 4) is 0 Å². The lowest BCUT2D eigenvalue weighted by molar-refractivity contribution is 0.0490. The number of hydrogen-bond donors (Lipinski definition) is 1. The number of ether oxygens (including phenoxy) is 1. The molecular weight excluding hydrogens is 336 g/mol. The van der Waals surface area contributed by atoms with Crippen LogP contribution < -0.4 is 0 Å². The smallest absolute Gasteiger partial charge is 0.339 e. The molecule has 2 rings (SSSR count). The number of fused-ring (bicyclic) bond motifs is 1. The molecule has 0 unspecified atom stereocenters. The van der Waals surface area contributed by atoms with Crippen LogP contribution in [0, 0.1) is 0 Å². The van der Waals surface area contributed by atoms with E-state index in [0.717, 1.165) is 0 Å². The second kappa shape index (κ2) is 7.41. The molecule has 0 fully saturated rings. The number of esters is 1. The van der Waals surface area contributed by atoms with Crippen molar-refractivity contribution in [1.29, 1.82) is 0 Å². The zero-order valence-electron chi connectivity index (χ0n) is 12.6. The third kappa shape index (κ3) is 4.77. The van der Waals surface area contributed by atoms with Crippen LogP contribution in [0.5, 0.6) is 0 Å². The van der Waals surface area contributed by atoms with Gasteiger partial charge in [0.2, 0.25) is 0 Å². The van der Waals surface area contributed by atoms with E-state index in [1.807, 2.05) is 0 Å². The molecule has 0 amide bonds. The van der Waals surface area contributed by atoms with Crippen molar-refractivity contribution in [2.24, 2.45) is 0 Å². The van der Waals surface area contributed by atoms with Crippen LogP contribution in [0.4, 0.5) is 0 Å². The van der Waals surface area contributed by atoms with Crippen molar-refractivity contribution in [3.63, 3.8) is 0 Å². The minimum atomic E-state index is -4.29. The number of carboxylic acids is 1. The molecule has 2 aromatic rings. The second-order valence-corrected chi connectivity index (χ2v) is 6.68. The number of carbonyl (C=O) groups excluding carboxylic acids is 1. The van der Waals surface area contributed by atoms with Gasteiger partial charge in [0, 0.05) is 5.75 Å². The molecule has 0 radical (unpaired) electrons. The summed E-state index contributed by atoms with van der Waals surface area (Å²) in [6.07, 6.45) is 0.270. The van der Waals surface area contributed by atoms with Crippen LogP contribution in [0.15, 0.2) is 36.4 Å². The zero-order chi connectivity index (χ0) is 17.7. The number of carboxylic acid groups (broad SMARTS) is 1. The Bertz CT molecular complexity index is 871. The van der Waals surface area contributed by atoms with Crippen LogP contribution in [0.2, 0.25) is 0 Å². The Hall–Kier alpha value is -2.45. The number of hydrogen-bond acceptors (Lipinski definition) is 6. The number of rotatable bonds is 7. The monoisotopic (exact) mass is 351 g/mol. The van der Waals surface area contributed by atoms with Crippen LogP contribution in [-0.4, -0.2) is 42.4 Å². The summed E-state index contributed by atoms with van der Waals surface area (Å²) < 4.78 is 36.4. The Morgan fingerprint density at radius 3 is 2.17 bits per heavy atom. The Morgan fingerprint density at radius 1 is 1.04 bits per heavy atom. The van der Waals surface area contributed by atoms with Gasteiger partial charge in [0.15, 0.2) is 0 Å². The van der Waals surface area contributed by atoms with Crippen LogP contribution in [0.25, 0.3) is 10.8 Å². The SMILES string of the molecule is O=C(O)c1cc2ccccc2cc1C(=O)OCCCCS(=O)(=O)[O-]. The third-order valence-corrected chi connectivity index (χ3v) is 4.15. The second-order valence-electron chi connectivity index (χ2n) is 5.15. The van der Waals surface area contributed by atoms with E-state index in [-0.39, 0.29) is 30.6 Å². The predicted molar refractivity (Wildman–Crippen MR) is 85.0 cm³/mol. The molecule has 1 N–H and O–H groups in total. The van der Waals surface area contributed by atoms with Gasteiger partial charge in [-0.2, -0.15) is 0 Å². The molecule has 0 aliphatic rings. The zero-order valence-corrected chi connectivity index (χ0v) is 13.4. The van der Waals surface area contributed by atoms with E-state index >= 15 is 0 Å². The maximum atomic E-state index is 12.1. The molecule has 0 aliphatic heterocycles. The van der Waals surface area contributed by atoms with Crippen LogP contribution >= 0.6 is 0 Å². The van der Waals surface area contributed by atoms with Crippen LogP contribution in [0.1, 0.15) is 33.6 Å². The van der Waals surface area contributed by atoms with Crippen molar-refractivity contribution in [2.45, 2.75) is 12.8 Å². The summed E-state index contributed by atoms with van der Waals surface area (Å²) in [5, 5.41) is 10.7. The highest BCUT2D eigenvalue weighted by atomic mass is 32.2. The number of aromatic carboxylic acids is 1. The van der Waals surface area contributed by atoms with E-state index in [1.165, 1.54) is 12.1 Å². The van der Waals surface area contributed by atoms with Crippen molar-refractivity contribution in [2.75, 3.05) is 12.4 Å². The first-order chi connectivity index (χ1) is 11.3. The van der Waals surface area contributed by atoms with Gasteiger partial charge < -0.3 is 14.4 Å². The van der Waals surface area contributed by atoms with Gasteiger partial charge in [-0.1, -0.05) is 24.3 Å². The average Bonchev–Trinajstić information content (AvgIpc) is 2.52. The summed E-state index contributed by atoms with van der Waals surface area (Å²) in [7, 11) is -4.29. The highest BCUT2D eigenvalue weighted by Gasteiger charge is 2.18. The Balaban J connectivity index is 2.10. The third-order valence-electron chi connectivity index (χ3n) is 3.36. The Kier molecular flexibility index (Phi) is 5.53. The van der Waals surface area contributed by atoms with Gasteiger partial charge >= 0.3 is 11.9 Å². The first kappa shape index (κ1) is 17.9. The lowest BCUT2D eigenvalue weighted by Crippen LogP contribution is -2.13. The Labute approximate surface area is 138 Å². The molecule has 8 heteroatoms. The molecule has 0 spiro atoms. The van der Waals surface area contributed by atoms with Gasteiger partial charge in [-0.25, -0.2) is 18.0 Å².